The molecule has 0 aromatic carbocycles. The van der Waals surface area contributed by atoms with Gasteiger partial charge in [0.1, 0.15) is 5.67 Å². The molecule has 1 nitrogen and oxygen atoms in total. The van der Waals surface area contributed by atoms with Crippen LogP contribution in [0.2, 0.25) is 0 Å². The van der Waals surface area contributed by atoms with Crippen LogP contribution in [-0.4, -0.2) is 16.9 Å². The maximum Gasteiger partial charge on any atom is 0.111 e. The summed E-state index contributed by atoms with van der Waals surface area (Å²) in [5.74, 6) is 0. The molecule has 2 heteroatoms. The van der Waals surface area contributed by atoms with E-state index in [4.69, 9.17) is 0 Å². The van der Waals surface area contributed by atoms with Crippen molar-refractivity contribution < 1.29 is 9.50 Å². The zero-order valence-corrected chi connectivity index (χ0v) is 7.52. The van der Waals surface area contributed by atoms with Crippen molar-refractivity contribution in [2.75, 3.05) is 0 Å². The molecule has 1 N–H and O–H groups in total. The monoisotopic (exact) mass is 160 g/mol. The van der Waals surface area contributed by atoms with Gasteiger partial charge in [0.05, 0.1) is 6.10 Å². The molecule has 0 unspecified atom stereocenters. The van der Waals surface area contributed by atoms with E-state index in [1.807, 2.05) is 13.8 Å². The summed E-state index contributed by atoms with van der Waals surface area (Å²) in [5, 5.41) is 9.34. The topological polar surface area (TPSA) is 20.2 Å². The normalized spacial score (nSPS) is 43.9. The van der Waals surface area contributed by atoms with Crippen LogP contribution >= 0.6 is 0 Å². The van der Waals surface area contributed by atoms with Crippen LogP contribution in [0.4, 0.5) is 4.39 Å². The van der Waals surface area contributed by atoms with E-state index >= 15 is 0 Å². The molecule has 0 bridgehead atoms. The summed E-state index contributed by atoms with van der Waals surface area (Å²) in [7, 11) is 0. The summed E-state index contributed by atoms with van der Waals surface area (Å²) in [4.78, 5) is 0. The van der Waals surface area contributed by atoms with E-state index in [1.165, 1.54) is 0 Å². The first-order valence-electron chi connectivity index (χ1n) is 4.18. The molecule has 1 aliphatic rings. The summed E-state index contributed by atoms with van der Waals surface area (Å²) in [6, 6.07) is 0. The van der Waals surface area contributed by atoms with Crippen molar-refractivity contribution in [1.82, 2.24) is 0 Å². The quantitative estimate of drug-likeness (QED) is 0.576. The molecule has 0 aliphatic heterocycles. The van der Waals surface area contributed by atoms with Crippen LogP contribution in [0.15, 0.2) is 0 Å². The van der Waals surface area contributed by atoms with Crippen LogP contribution in [0.5, 0.6) is 0 Å². The molecule has 11 heavy (non-hydrogen) atoms. The van der Waals surface area contributed by atoms with Gasteiger partial charge in [-0.25, -0.2) is 4.39 Å². The van der Waals surface area contributed by atoms with Gasteiger partial charge in [0.2, 0.25) is 0 Å². The van der Waals surface area contributed by atoms with Crippen LogP contribution in [0, 0.1) is 5.41 Å². The van der Waals surface area contributed by atoms with Gasteiger partial charge in [0.25, 0.3) is 0 Å². The summed E-state index contributed by atoms with van der Waals surface area (Å²) < 4.78 is 13.5. The van der Waals surface area contributed by atoms with Crippen molar-refractivity contribution in [2.24, 2.45) is 5.41 Å². The second-order valence-corrected chi connectivity index (χ2v) is 4.82. The highest BCUT2D eigenvalue weighted by Gasteiger charge is 2.40. The molecule has 66 valence electrons. The van der Waals surface area contributed by atoms with Crippen molar-refractivity contribution in [2.45, 2.75) is 51.8 Å². The van der Waals surface area contributed by atoms with E-state index in [1.54, 1.807) is 6.92 Å². The summed E-state index contributed by atoms with van der Waals surface area (Å²) in [6.07, 6.45) is 1.15. The van der Waals surface area contributed by atoms with Crippen LogP contribution in [0.3, 0.4) is 0 Å². The average molecular weight is 160 g/mol. The minimum absolute atomic E-state index is 0.0405. The van der Waals surface area contributed by atoms with Crippen molar-refractivity contribution in [1.29, 1.82) is 0 Å². The molecule has 0 heterocycles. The lowest BCUT2D eigenvalue weighted by molar-refractivity contribution is -0.0282. The first-order valence-corrected chi connectivity index (χ1v) is 4.18. The number of alkyl halides is 1. The zero-order valence-electron chi connectivity index (χ0n) is 7.52. The highest BCUT2D eigenvalue weighted by atomic mass is 19.1. The number of rotatable bonds is 0. The van der Waals surface area contributed by atoms with Crippen molar-refractivity contribution >= 4 is 0 Å². The summed E-state index contributed by atoms with van der Waals surface area (Å²) >= 11 is 0. The SMILES string of the molecule is CC1(C)C[C@@H](O)C[C@@](C)(F)C1. The maximum absolute atomic E-state index is 13.5. The molecule has 1 fully saturated rings. The molecule has 0 radical (unpaired) electrons. The van der Waals surface area contributed by atoms with Gasteiger partial charge in [-0.2, -0.15) is 0 Å². The van der Waals surface area contributed by atoms with Crippen LogP contribution in [0.25, 0.3) is 0 Å². The Labute approximate surface area is 67.6 Å². The minimum atomic E-state index is -1.17. The van der Waals surface area contributed by atoms with E-state index in [2.05, 4.69) is 0 Å². The number of hydrogen-bond donors (Lipinski definition) is 1. The molecular weight excluding hydrogens is 143 g/mol. The van der Waals surface area contributed by atoms with Gasteiger partial charge in [0, 0.05) is 6.42 Å². The molecule has 1 rings (SSSR count). The number of aliphatic hydroxyl groups is 1. The second kappa shape index (κ2) is 2.44. The maximum atomic E-state index is 13.5. The van der Waals surface area contributed by atoms with Gasteiger partial charge < -0.3 is 5.11 Å². The standard InChI is InChI=1S/C9H17FO/c1-8(2)4-7(11)5-9(3,10)6-8/h7,11H,4-6H2,1-3H3/t7-,9-/m1/s1. The number of aliphatic hydroxyl groups excluding tert-OH is 1. The van der Waals surface area contributed by atoms with E-state index in [0.29, 0.717) is 12.8 Å². The van der Waals surface area contributed by atoms with Gasteiger partial charge in [-0.1, -0.05) is 13.8 Å². The van der Waals surface area contributed by atoms with Gasteiger partial charge in [0.15, 0.2) is 0 Å². The third-order valence-corrected chi connectivity index (χ3v) is 2.30. The molecule has 0 spiro atoms. The van der Waals surface area contributed by atoms with Gasteiger partial charge in [-0.05, 0) is 25.2 Å². The van der Waals surface area contributed by atoms with Gasteiger partial charge in [-0.3, -0.25) is 0 Å². The van der Waals surface area contributed by atoms with Crippen molar-refractivity contribution in [3.05, 3.63) is 0 Å². The molecule has 0 amide bonds. The Morgan fingerprint density at radius 2 is 1.82 bits per heavy atom. The molecule has 1 aliphatic carbocycles. The third-order valence-electron chi connectivity index (χ3n) is 2.30. The van der Waals surface area contributed by atoms with Crippen molar-refractivity contribution in [3.63, 3.8) is 0 Å². The zero-order chi connectivity index (χ0) is 8.70. The lowest BCUT2D eigenvalue weighted by Gasteiger charge is -2.40. The fourth-order valence-electron chi connectivity index (χ4n) is 2.34. The fraction of sp³-hybridized carbons (Fsp3) is 1.00. The fourth-order valence-corrected chi connectivity index (χ4v) is 2.34. The Balaban J connectivity index is 2.66. The smallest absolute Gasteiger partial charge is 0.111 e. The Morgan fingerprint density at radius 3 is 2.18 bits per heavy atom. The highest BCUT2D eigenvalue weighted by molar-refractivity contribution is 4.91. The highest BCUT2D eigenvalue weighted by Crippen LogP contribution is 2.42. The summed E-state index contributed by atoms with van der Waals surface area (Å²) in [6.45, 7) is 5.59. The molecule has 1 saturated carbocycles. The van der Waals surface area contributed by atoms with E-state index in [0.717, 1.165) is 6.42 Å². The number of hydrogen-bond acceptors (Lipinski definition) is 1. The van der Waals surface area contributed by atoms with Gasteiger partial charge in [-0.15, -0.1) is 0 Å². The van der Waals surface area contributed by atoms with Crippen molar-refractivity contribution in [3.8, 4) is 0 Å². The lowest BCUT2D eigenvalue weighted by Crippen LogP contribution is -2.39. The Hall–Kier alpha value is -0.110. The molecule has 0 aromatic rings. The Morgan fingerprint density at radius 1 is 1.27 bits per heavy atom. The predicted molar refractivity (Wildman–Crippen MR) is 43.2 cm³/mol. The van der Waals surface area contributed by atoms with Gasteiger partial charge >= 0.3 is 0 Å². The van der Waals surface area contributed by atoms with E-state index in [9.17, 15) is 9.50 Å². The third kappa shape index (κ3) is 2.44. The first kappa shape index (κ1) is 8.98. The van der Waals surface area contributed by atoms with Crippen LogP contribution < -0.4 is 0 Å². The van der Waals surface area contributed by atoms with E-state index < -0.39 is 11.8 Å². The van der Waals surface area contributed by atoms with Crippen LogP contribution in [-0.2, 0) is 0 Å². The minimum Gasteiger partial charge on any atom is -0.393 e. The average Bonchev–Trinajstić information content (AvgIpc) is 1.49. The molecule has 2 atom stereocenters. The first-order chi connectivity index (χ1) is 4.81. The largest absolute Gasteiger partial charge is 0.393 e. The summed E-state index contributed by atoms with van der Waals surface area (Å²) in [5.41, 5.74) is -1.21. The second-order valence-electron chi connectivity index (χ2n) is 4.82. The Bertz CT molecular complexity index is 136. The molecule has 0 aromatic heterocycles. The number of halogens is 1. The molecular formula is C9H17FO. The Kier molecular flexibility index (Phi) is 1.99. The van der Waals surface area contributed by atoms with E-state index in [-0.39, 0.29) is 5.41 Å². The lowest BCUT2D eigenvalue weighted by atomic mass is 9.70. The van der Waals surface area contributed by atoms with Crippen LogP contribution in [0.1, 0.15) is 40.0 Å². The predicted octanol–water partition coefficient (Wildman–Crippen LogP) is 2.29. The molecule has 0 saturated heterocycles.